The minimum atomic E-state index is -0.0564. The van der Waals surface area contributed by atoms with Crippen molar-refractivity contribution in [3.05, 3.63) is 0 Å². The molecule has 0 N–H and O–H groups in total. The predicted molar refractivity (Wildman–Crippen MR) is 61.3 cm³/mol. The molecule has 0 aromatic heterocycles. The molecule has 4 heteroatoms. The van der Waals surface area contributed by atoms with Crippen molar-refractivity contribution in [2.75, 3.05) is 33.4 Å². The van der Waals surface area contributed by atoms with Gasteiger partial charge in [0.2, 0.25) is 0 Å². The fraction of sp³-hybridized carbons (Fsp3) is 1.00. The summed E-state index contributed by atoms with van der Waals surface area (Å²) in [6.45, 7) is 8.01. The predicted octanol–water partition coefficient (Wildman–Crippen LogP) is 1.10. The molecule has 2 heterocycles. The van der Waals surface area contributed by atoms with Crippen molar-refractivity contribution < 1.29 is 14.2 Å². The van der Waals surface area contributed by atoms with Gasteiger partial charge in [-0.25, -0.2) is 0 Å². The lowest BCUT2D eigenvalue weighted by Gasteiger charge is -2.44. The Morgan fingerprint density at radius 1 is 1.19 bits per heavy atom. The maximum absolute atomic E-state index is 5.68. The van der Waals surface area contributed by atoms with Crippen LogP contribution in [0.2, 0.25) is 0 Å². The third-order valence-corrected chi connectivity index (χ3v) is 3.94. The Balaban J connectivity index is 1.94. The molecule has 0 spiro atoms. The molecular weight excluding hydrogens is 206 g/mol. The van der Waals surface area contributed by atoms with Crippen LogP contribution in [0.1, 0.15) is 20.3 Å². The van der Waals surface area contributed by atoms with E-state index in [0.717, 1.165) is 32.7 Å². The summed E-state index contributed by atoms with van der Waals surface area (Å²) in [4.78, 5) is 2.50. The molecule has 2 fully saturated rings. The fourth-order valence-electron chi connectivity index (χ4n) is 2.70. The zero-order valence-electron chi connectivity index (χ0n) is 10.5. The first-order chi connectivity index (χ1) is 7.72. The molecule has 2 aliphatic rings. The van der Waals surface area contributed by atoms with Gasteiger partial charge < -0.3 is 14.2 Å². The smallest absolute Gasteiger partial charge is 0.169 e. The van der Waals surface area contributed by atoms with Crippen LogP contribution in [0.15, 0.2) is 0 Å². The van der Waals surface area contributed by atoms with E-state index in [1.165, 1.54) is 0 Å². The molecule has 4 atom stereocenters. The summed E-state index contributed by atoms with van der Waals surface area (Å²) in [5, 5.41) is 0. The molecular formula is C12H23NO3. The van der Waals surface area contributed by atoms with Gasteiger partial charge in [-0.1, -0.05) is 6.92 Å². The van der Waals surface area contributed by atoms with Gasteiger partial charge in [-0.3, -0.25) is 4.90 Å². The number of morpholine rings is 1. The lowest BCUT2D eigenvalue weighted by Crippen LogP contribution is -2.54. The normalized spacial score (nSPS) is 42.2. The molecule has 0 unspecified atom stereocenters. The van der Waals surface area contributed by atoms with Gasteiger partial charge in [0.1, 0.15) is 0 Å². The van der Waals surface area contributed by atoms with Crippen molar-refractivity contribution in [2.24, 2.45) is 5.92 Å². The summed E-state index contributed by atoms with van der Waals surface area (Å²) in [6, 6.07) is 0.616. The van der Waals surface area contributed by atoms with Crippen molar-refractivity contribution in [1.29, 1.82) is 0 Å². The minimum absolute atomic E-state index is 0.0564. The molecule has 0 radical (unpaired) electrons. The molecule has 16 heavy (non-hydrogen) atoms. The first kappa shape index (κ1) is 12.3. The monoisotopic (exact) mass is 229 g/mol. The van der Waals surface area contributed by atoms with Gasteiger partial charge in [0, 0.05) is 32.8 Å². The molecule has 2 saturated heterocycles. The highest BCUT2D eigenvalue weighted by Gasteiger charge is 2.34. The fourth-order valence-corrected chi connectivity index (χ4v) is 2.70. The number of methoxy groups -OCH3 is 1. The van der Waals surface area contributed by atoms with Crippen molar-refractivity contribution >= 4 is 0 Å². The molecule has 0 aromatic carbocycles. The highest BCUT2D eigenvalue weighted by Crippen LogP contribution is 2.26. The highest BCUT2D eigenvalue weighted by atomic mass is 16.7. The van der Waals surface area contributed by atoms with E-state index < -0.39 is 0 Å². The van der Waals surface area contributed by atoms with Crippen LogP contribution in [0.25, 0.3) is 0 Å². The molecule has 0 aliphatic carbocycles. The first-order valence-electron chi connectivity index (χ1n) is 6.22. The largest absolute Gasteiger partial charge is 0.378 e. The maximum Gasteiger partial charge on any atom is 0.169 e. The Morgan fingerprint density at radius 3 is 2.75 bits per heavy atom. The molecule has 0 aromatic rings. The third kappa shape index (κ3) is 2.56. The van der Waals surface area contributed by atoms with Crippen LogP contribution in [0.5, 0.6) is 0 Å². The molecule has 0 saturated carbocycles. The van der Waals surface area contributed by atoms with Gasteiger partial charge in [0.05, 0.1) is 12.7 Å². The zero-order valence-corrected chi connectivity index (χ0v) is 10.5. The van der Waals surface area contributed by atoms with Crippen molar-refractivity contribution in [2.45, 2.75) is 38.7 Å². The van der Waals surface area contributed by atoms with Gasteiger partial charge in [-0.2, -0.15) is 0 Å². The van der Waals surface area contributed by atoms with Gasteiger partial charge in [0.25, 0.3) is 0 Å². The van der Waals surface area contributed by atoms with E-state index in [9.17, 15) is 0 Å². The number of hydrogen-bond donors (Lipinski definition) is 0. The third-order valence-electron chi connectivity index (χ3n) is 3.94. The van der Waals surface area contributed by atoms with E-state index in [1.807, 2.05) is 0 Å². The van der Waals surface area contributed by atoms with Crippen LogP contribution < -0.4 is 0 Å². The summed E-state index contributed by atoms with van der Waals surface area (Å²) in [7, 11) is 1.71. The van der Waals surface area contributed by atoms with Crippen molar-refractivity contribution in [1.82, 2.24) is 4.90 Å². The van der Waals surface area contributed by atoms with E-state index in [1.54, 1.807) is 7.11 Å². The average Bonchev–Trinajstić information content (AvgIpc) is 2.33. The van der Waals surface area contributed by atoms with Crippen LogP contribution in [0.3, 0.4) is 0 Å². The first-order valence-corrected chi connectivity index (χ1v) is 6.22. The Morgan fingerprint density at radius 2 is 2.00 bits per heavy atom. The number of ether oxygens (including phenoxy) is 3. The van der Waals surface area contributed by atoms with Gasteiger partial charge in [0.15, 0.2) is 6.29 Å². The number of nitrogens with zero attached hydrogens (tertiary/aromatic N) is 1. The summed E-state index contributed by atoms with van der Waals surface area (Å²) in [5.41, 5.74) is 0. The zero-order chi connectivity index (χ0) is 11.5. The summed E-state index contributed by atoms with van der Waals surface area (Å²) < 4.78 is 16.5. The van der Waals surface area contributed by atoms with Crippen molar-refractivity contribution in [3.63, 3.8) is 0 Å². The second-order valence-electron chi connectivity index (χ2n) is 4.82. The lowest BCUT2D eigenvalue weighted by atomic mass is 9.90. The quantitative estimate of drug-likeness (QED) is 0.709. The van der Waals surface area contributed by atoms with Crippen LogP contribution in [-0.2, 0) is 14.2 Å². The molecule has 2 aliphatic heterocycles. The van der Waals surface area contributed by atoms with E-state index in [4.69, 9.17) is 14.2 Å². The topological polar surface area (TPSA) is 30.9 Å². The van der Waals surface area contributed by atoms with Gasteiger partial charge >= 0.3 is 0 Å². The summed E-state index contributed by atoms with van der Waals surface area (Å²) >= 11 is 0. The standard InChI is InChI=1S/C12H23NO3/c1-9-10(2)15-6-4-11(9)13-5-7-16-12(8-13)14-3/h9-12H,4-8H2,1-3H3/t9-,10+,11+,12+/m1/s1. The Bertz CT molecular complexity index is 224. The van der Waals surface area contributed by atoms with E-state index in [-0.39, 0.29) is 6.29 Å². The van der Waals surface area contributed by atoms with E-state index in [2.05, 4.69) is 18.7 Å². The second-order valence-corrected chi connectivity index (χ2v) is 4.82. The Labute approximate surface area is 97.8 Å². The summed E-state index contributed by atoms with van der Waals surface area (Å²) in [6.07, 6.45) is 1.43. The van der Waals surface area contributed by atoms with Crippen LogP contribution in [0, 0.1) is 5.92 Å². The Kier molecular flexibility index (Phi) is 4.19. The molecule has 0 bridgehead atoms. The van der Waals surface area contributed by atoms with Gasteiger partial charge in [-0.05, 0) is 19.3 Å². The second kappa shape index (κ2) is 5.45. The molecule has 0 amide bonds. The molecule has 4 nitrogen and oxygen atoms in total. The maximum atomic E-state index is 5.68. The SMILES string of the molecule is CO[C@@H]1CN([C@H]2CCO[C@@H](C)[C@H]2C)CCO1. The van der Waals surface area contributed by atoms with Crippen LogP contribution in [0.4, 0.5) is 0 Å². The number of rotatable bonds is 2. The summed E-state index contributed by atoms with van der Waals surface area (Å²) in [5.74, 6) is 0.587. The Hall–Kier alpha value is -0.160. The van der Waals surface area contributed by atoms with Crippen LogP contribution in [-0.4, -0.2) is 56.7 Å². The minimum Gasteiger partial charge on any atom is -0.378 e. The van der Waals surface area contributed by atoms with Crippen molar-refractivity contribution in [3.8, 4) is 0 Å². The highest BCUT2D eigenvalue weighted by molar-refractivity contribution is 4.85. The average molecular weight is 229 g/mol. The lowest BCUT2D eigenvalue weighted by molar-refractivity contribution is -0.182. The molecule has 94 valence electrons. The van der Waals surface area contributed by atoms with E-state index in [0.29, 0.717) is 18.1 Å². The number of hydrogen-bond acceptors (Lipinski definition) is 4. The van der Waals surface area contributed by atoms with Gasteiger partial charge in [-0.15, -0.1) is 0 Å². The van der Waals surface area contributed by atoms with E-state index >= 15 is 0 Å². The molecule has 2 rings (SSSR count). The van der Waals surface area contributed by atoms with Crippen LogP contribution >= 0.6 is 0 Å².